The van der Waals surface area contributed by atoms with Gasteiger partial charge < -0.3 is 9.47 Å². The maximum Gasteiger partial charge on any atom is 0.515 e. The number of nitro benzene ring substituents is 1. The summed E-state index contributed by atoms with van der Waals surface area (Å²) in [5.41, 5.74) is -0.0680. The van der Waals surface area contributed by atoms with Crippen LogP contribution < -0.4 is 4.74 Å². The van der Waals surface area contributed by atoms with Crippen LogP contribution in [0.4, 0.5) is 10.5 Å². The predicted octanol–water partition coefficient (Wildman–Crippen LogP) is 3.45. The quantitative estimate of drug-likeness (QED) is 0.280. The Bertz CT molecular complexity index is 570. The number of nitrogens with zero attached hydrogens (tertiary/aromatic N) is 1. The average Bonchev–Trinajstić information content (AvgIpc) is 2.42. The normalized spacial score (nSPS) is 17.6. The fraction of sp³-hybridized carbons (Fsp3) is 0.400. The van der Waals surface area contributed by atoms with Gasteiger partial charge in [0.1, 0.15) is 5.75 Å². The van der Waals surface area contributed by atoms with E-state index in [1.54, 1.807) is 0 Å². The molecule has 0 saturated carbocycles. The van der Waals surface area contributed by atoms with Crippen LogP contribution in [0.5, 0.6) is 5.75 Å². The van der Waals surface area contributed by atoms with Crippen LogP contribution in [0.25, 0.3) is 0 Å². The van der Waals surface area contributed by atoms with Gasteiger partial charge >= 0.3 is 6.16 Å². The molecule has 0 aliphatic heterocycles. The van der Waals surface area contributed by atoms with Crippen LogP contribution in [-0.4, -0.2) is 17.2 Å². The number of carbonyl (C=O) groups is 1. The highest BCUT2D eigenvalue weighted by Gasteiger charge is 2.15. The lowest BCUT2D eigenvalue weighted by molar-refractivity contribution is -0.384. The van der Waals surface area contributed by atoms with Crippen molar-refractivity contribution in [2.75, 3.05) is 0 Å². The molecule has 1 aliphatic rings. The van der Waals surface area contributed by atoms with E-state index in [2.05, 4.69) is 11.8 Å². The van der Waals surface area contributed by atoms with E-state index in [9.17, 15) is 14.9 Å². The Morgan fingerprint density at radius 1 is 1.24 bits per heavy atom. The molecule has 0 fully saturated rings. The topological polar surface area (TPSA) is 78.7 Å². The van der Waals surface area contributed by atoms with Gasteiger partial charge in [-0.15, -0.1) is 0 Å². The van der Waals surface area contributed by atoms with E-state index in [0.717, 1.165) is 25.7 Å². The molecule has 0 saturated heterocycles. The summed E-state index contributed by atoms with van der Waals surface area (Å²) < 4.78 is 10.1. The number of carbonyl (C=O) groups excluding carboxylic acids is 1. The van der Waals surface area contributed by atoms with Crippen molar-refractivity contribution in [3.63, 3.8) is 0 Å². The van der Waals surface area contributed by atoms with E-state index < -0.39 is 17.2 Å². The lowest BCUT2D eigenvalue weighted by Gasteiger charge is -2.13. The maximum absolute atomic E-state index is 11.7. The average molecular weight is 289 g/mol. The minimum absolute atomic E-state index is 0.0680. The fourth-order valence-electron chi connectivity index (χ4n) is 1.94. The van der Waals surface area contributed by atoms with Crippen LogP contribution in [0.2, 0.25) is 0 Å². The zero-order valence-electron chi connectivity index (χ0n) is 11.4. The summed E-state index contributed by atoms with van der Waals surface area (Å²) in [6.07, 6.45) is 3.34. The van der Waals surface area contributed by atoms with Crippen molar-refractivity contribution < 1.29 is 19.2 Å². The van der Waals surface area contributed by atoms with E-state index in [-0.39, 0.29) is 11.4 Å². The van der Waals surface area contributed by atoms with Crippen molar-refractivity contribution in [2.24, 2.45) is 0 Å². The molecule has 0 bridgehead atoms. The van der Waals surface area contributed by atoms with Crippen molar-refractivity contribution in [3.05, 3.63) is 34.4 Å². The summed E-state index contributed by atoms with van der Waals surface area (Å²) in [5, 5.41) is 10.5. The lowest BCUT2D eigenvalue weighted by atomic mass is 10.1. The van der Waals surface area contributed by atoms with Crippen LogP contribution in [-0.2, 0) is 4.74 Å². The van der Waals surface area contributed by atoms with Gasteiger partial charge in [0.2, 0.25) is 0 Å². The summed E-state index contributed by atoms with van der Waals surface area (Å²) in [6, 6.07) is 5.23. The molecule has 6 nitrogen and oxygen atoms in total. The summed E-state index contributed by atoms with van der Waals surface area (Å²) >= 11 is 0. The Balaban J connectivity index is 1.90. The van der Waals surface area contributed by atoms with Gasteiger partial charge in [0, 0.05) is 18.6 Å². The van der Waals surface area contributed by atoms with Gasteiger partial charge in [0.05, 0.1) is 4.92 Å². The third-order valence-electron chi connectivity index (χ3n) is 3.02. The van der Waals surface area contributed by atoms with E-state index in [1.807, 2.05) is 0 Å². The Hall–Kier alpha value is -2.55. The Kier molecular flexibility index (Phi) is 5.16. The van der Waals surface area contributed by atoms with Gasteiger partial charge in [-0.05, 0) is 31.4 Å². The first kappa shape index (κ1) is 14.9. The molecule has 110 valence electrons. The summed E-state index contributed by atoms with van der Waals surface area (Å²) in [7, 11) is 0. The molecule has 0 radical (unpaired) electrons. The van der Waals surface area contributed by atoms with Crippen LogP contribution in [0.15, 0.2) is 24.3 Å². The van der Waals surface area contributed by atoms with Crippen molar-refractivity contribution in [1.29, 1.82) is 0 Å². The number of benzene rings is 1. The van der Waals surface area contributed by atoms with Crippen LogP contribution in [0.1, 0.15) is 32.1 Å². The first-order chi connectivity index (χ1) is 10.1. The maximum atomic E-state index is 11.7. The van der Waals surface area contributed by atoms with Crippen molar-refractivity contribution in [2.45, 2.75) is 38.2 Å². The largest absolute Gasteiger partial charge is 0.515 e. The third kappa shape index (κ3) is 4.80. The Labute approximate surface area is 122 Å². The Morgan fingerprint density at radius 2 is 2.00 bits per heavy atom. The minimum Gasteiger partial charge on any atom is -0.417 e. The number of nitro groups is 1. The molecule has 2 rings (SSSR count). The van der Waals surface area contributed by atoms with Crippen molar-refractivity contribution in [3.8, 4) is 17.6 Å². The van der Waals surface area contributed by atoms with Gasteiger partial charge in [-0.25, -0.2) is 4.79 Å². The number of non-ortho nitro benzene ring substituents is 1. The number of rotatable bonds is 3. The molecule has 1 unspecified atom stereocenters. The van der Waals surface area contributed by atoms with Gasteiger partial charge in [0.25, 0.3) is 5.69 Å². The van der Waals surface area contributed by atoms with E-state index in [4.69, 9.17) is 9.47 Å². The number of hydrogen-bond donors (Lipinski definition) is 0. The highest BCUT2D eigenvalue weighted by Crippen LogP contribution is 2.18. The minimum atomic E-state index is -0.844. The molecule has 0 aromatic heterocycles. The molecular weight excluding hydrogens is 274 g/mol. The third-order valence-corrected chi connectivity index (χ3v) is 3.02. The smallest absolute Gasteiger partial charge is 0.417 e. The molecule has 0 heterocycles. The standard InChI is InChI=1S/C15H15NO5/c17-15(20-13-6-4-2-1-3-5-7-13)21-14-10-8-12(9-11-14)16(18)19/h8-11,13H,1-4,6H2. The zero-order chi connectivity index (χ0) is 15.1. The van der Waals surface area contributed by atoms with Gasteiger partial charge in [0.15, 0.2) is 6.10 Å². The molecule has 0 amide bonds. The van der Waals surface area contributed by atoms with Gasteiger partial charge in [-0.1, -0.05) is 18.3 Å². The zero-order valence-corrected chi connectivity index (χ0v) is 11.4. The van der Waals surface area contributed by atoms with Crippen LogP contribution in [0, 0.1) is 22.0 Å². The molecule has 1 aliphatic carbocycles. The second kappa shape index (κ2) is 7.29. The molecule has 21 heavy (non-hydrogen) atoms. The molecule has 6 heteroatoms. The first-order valence-electron chi connectivity index (χ1n) is 6.76. The summed E-state index contributed by atoms with van der Waals surface area (Å²) in [6.45, 7) is 0. The molecular formula is C15H15NO5. The molecule has 1 aromatic rings. The molecule has 1 aromatic carbocycles. The molecule has 0 N–H and O–H groups in total. The van der Waals surface area contributed by atoms with Crippen LogP contribution >= 0.6 is 0 Å². The SMILES string of the molecule is O=C(Oc1ccc([N+](=O)[O-])cc1)OC1C#CCCCCC1. The van der Waals surface area contributed by atoms with E-state index in [1.165, 1.54) is 24.3 Å². The van der Waals surface area contributed by atoms with Gasteiger partial charge in [-0.2, -0.15) is 0 Å². The van der Waals surface area contributed by atoms with E-state index in [0.29, 0.717) is 6.42 Å². The first-order valence-corrected chi connectivity index (χ1v) is 6.76. The second-order valence-corrected chi connectivity index (χ2v) is 4.63. The highest BCUT2D eigenvalue weighted by molar-refractivity contribution is 5.64. The monoisotopic (exact) mass is 289 g/mol. The summed E-state index contributed by atoms with van der Waals surface area (Å²) in [4.78, 5) is 21.6. The summed E-state index contributed by atoms with van der Waals surface area (Å²) in [5.74, 6) is 6.07. The predicted molar refractivity (Wildman–Crippen MR) is 74.9 cm³/mol. The Morgan fingerprint density at radius 3 is 2.71 bits per heavy atom. The lowest BCUT2D eigenvalue weighted by Crippen LogP contribution is -2.20. The molecule has 1 atom stereocenters. The fourth-order valence-corrected chi connectivity index (χ4v) is 1.94. The molecule has 0 spiro atoms. The van der Waals surface area contributed by atoms with Crippen molar-refractivity contribution in [1.82, 2.24) is 0 Å². The second-order valence-electron chi connectivity index (χ2n) is 4.63. The number of ether oxygens (including phenoxy) is 2. The highest BCUT2D eigenvalue weighted by atomic mass is 16.7. The van der Waals surface area contributed by atoms with E-state index >= 15 is 0 Å². The number of hydrogen-bond acceptors (Lipinski definition) is 5. The van der Waals surface area contributed by atoms with Crippen molar-refractivity contribution >= 4 is 11.8 Å². The van der Waals surface area contributed by atoms with Crippen LogP contribution in [0.3, 0.4) is 0 Å². The van der Waals surface area contributed by atoms with Gasteiger partial charge in [-0.3, -0.25) is 10.1 Å².